The number of methoxy groups -OCH3 is 3. The summed E-state index contributed by atoms with van der Waals surface area (Å²) < 4.78 is 23.8. The second-order valence-corrected chi connectivity index (χ2v) is 10.4. The first kappa shape index (κ1) is 25.9. The number of nitrogens with one attached hydrogen (secondary N) is 1. The molecule has 42 heavy (non-hydrogen) atoms. The minimum absolute atomic E-state index is 0.206. The first-order valence-electron chi connectivity index (χ1n) is 13.5. The van der Waals surface area contributed by atoms with E-state index < -0.39 is 17.1 Å². The van der Waals surface area contributed by atoms with Gasteiger partial charge in [0.2, 0.25) is 0 Å². The summed E-state index contributed by atoms with van der Waals surface area (Å²) in [5.41, 5.74) is -0.818. The minimum Gasteiger partial charge on any atom is -0.497 e. The molecule has 1 aromatic heterocycles. The molecule has 0 amide bonds. The third-order valence-electron chi connectivity index (χ3n) is 8.36. The van der Waals surface area contributed by atoms with Crippen LogP contribution in [0.25, 0.3) is 11.4 Å². The van der Waals surface area contributed by atoms with Crippen molar-refractivity contribution in [3.8, 4) is 34.4 Å². The average molecular weight is 561 g/mol. The Morgan fingerprint density at radius 2 is 1.50 bits per heavy atom. The normalized spacial score (nSPS) is 21.6. The van der Waals surface area contributed by atoms with Gasteiger partial charge >= 0.3 is 0 Å². The number of H-pyrrole nitrogens is 1. The van der Waals surface area contributed by atoms with Crippen molar-refractivity contribution in [1.29, 1.82) is 0 Å². The summed E-state index contributed by atoms with van der Waals surface area (Å²) in [6.45, 7) is 0. The predicted molar refractivity (Wildman–Crippen MR) is 156 cm³/mol. The van der Waals surface area contributed by atoms with Gasteiger partial charge in [0.1, 0.15) is 28.8 Å². The van der Waals surface area contributed by atoms with E-state index in [0.29, 0.717) is 51.1 Å². The highest BCUT2D eigenvalue weighted by Gasteiger charge is 2.73. The molecule has 0 saturated carbocycles. The SMILES string of the molecule is COc1ccc(C23Oc4cc(OC)cc(OC)c4C2(O)c2nc(-c4ccccc4)[nH]c(=O)c2C3c2ccccc2)cc1. The lowest BCUT2D eigenvalue weighted by atomic mass is 9.70. The molecule has 2 N–H and O–H groups in total. The fourth-order valence-electron chi connectivity index (χ4n) is 6.56. The Morgan fingerprint density at radius 1 is 0.833 bits per heavy atom. The van der Waals surface area contributed by atoms with Crippen LogP contribution in [0.2, 0.25) is 0 Å². The number of aromatic nitrogens is 2. The maximum atomic E-state index is 14.2. The molecule has 7 rings (SSSR count). The summed E-state index contributed by atoms with van der Waals surface area (Å²) in [5, 5.41) is 13.4. The van der Waals surface area contributed by atoms with Crippen molar-refractivity contribution in [2.24, 2.45) is 0 Å². The molecule has 1 aliphatic carbocycles. The number of rotatable bonds is 6. The molecule has 0 radical (unpaired) electrons. The number of ether oxygens (including phenoxy) is 4. The van der Waals surface area contributed by atoms with Gasteiger partial charge in [-0.15, -0.1) is 0 Å². The largest absolute Gasteiger partial charge is 0.497 e. The lowest BCUT2D eigenvalue weighted by Crippen LogP contribution is -2.49. The van der Waals surface area contributed by atoms with Crippen molar-refractivity contribution in [1.82, 2.24) is 9.97 Å². The Hall–Kier alpha value is -5.08. The quantitative estimate of drug-likeness (QED) is 0.297. The highest BCUT2D eigenvalue weighted by Crippen LogP contribution is 2.69. The maximum absolute atomic E-state index is 14.2. The zero-order valence-electron chi connectivity index (χ0n) is 23.3. The average Bonchev–Trinajstić information content (AvgIpc) is 3.44. The monoisotopic (exact) mass is 560 g/mol. The highest BCUT2D eigenvalue weighted by atomic mass is 16.5. The van der Waals surface area contributed by atoms with Crippen LogP contribution in [0.15, 0.2) is 102 Å². The number of aromatic amines is 1. The van der Waals surface area contributed by atoms with Gasteiger partial charge in [-0.05, 0) is 17.7 Å². The number of hydrogen-bond acceptors (Lipinski definition) is 7. The van der Waals surface area contributed by atoms with E-state index in [1.54, 1.807) is 26.4 Å². The Balaban J connectivity index is 1.64. The van der Waals surface area contributed by atoms with Gasteiger partial charge < -0.3 is 29.0 Å². The van der Waals surface area contributed by atoms with Gasteiger partial charge in [-0.3, -0.25) is 4.79 Å². The highest BCUT2D eigenvalue weighted by molar-refractivity contribution is 5.69. The molecule has 2 aliphatic rings. The topological polar surface area (TPSA) is 103 Å². The van der Waals surface area contributed by atoms with E-state index >= 15 is 0 Å². The molecule has 0 bridgehead atoms. The molecule has 8 nitrogen and oxygen atoms in total. The van der Waals surface area contributed by atoms with Gasteiger partial charge in [-0.1, -0.05) is 72.8 Å². The van der Waals surface area contributed by atoms with E-state index in [4.69, 9.17) is 23.9 Å². The Labute approximate surface area is 242 Å². The molecule has 2 heterocycles. The van der Waals surface area contributed by atoms with Crippen LogP contribution >= 0.6 is 0 Å². The first-order chi connectivity index (χ1) is 20.5. The van der Waals surface area contributed by atoms with Crippen LogP contribution in [-0.4, -0.2) is 36.4 Å². The zero-order chi connectivity index (χ0) is 29.1. The smallest absolute Gasteiger partial charge is 0.255 e. The zero-order valence-corrected chi connectivity index (χ0v) is 23.3. The summed E-state index contributed by atoms with van der Waals surface area (Å²) in [6.07, 6.45) is 0. The van der Waals surface area contributed by atoms with Crippen molar-refractivity contribution in [2.75, 3.05) is 21.3 Å². The molecular weight excluding hydrogens is 532 g/mol. The summed E-state index contributed by atoms with van der Waals surface area (Å²) in [7, 11) is 4.67. The number of hydrogen-bond donors (Lipinski definition) is 2. The summed E-state index contributed by atoms with van der Waals surface area (Å²) in [5.74, 6) is 1.45. The van der Waals surface area contributed by atoms with E-state index in [-0.39, 0.29) is 11.3 Å². The molecule has 0 spiro atoms. The molecule has 8 heteroatoms. The molecule has 1 aliphatic heterocycles. The molecule has 3 unspecified atom stereocenters. The number of aliphatic hydroxyl groups is 1. The third kappa shape index (κ3) is 3.39. The van der Waals surface area contributed by atoms with E-state index in [0.717, 1.165) is 5.56 Å². The molecule has 210 valence electrons. The van der Waals surface area contributed by atoms with Gasteiger partial charge in [-0.25, -0.2) is 4.98 Å². The van der Waals surface area contributed by atoms with Crippen LogP contribution < -0.4 is 24.5 Å². The van der Waals surface area contributed by atoms with Crippen LogP contribution in [-0.2, 0) is 11.2 Å². The van der Waals surface area contributed by atoms with E-state index in [1.165, 1.54) is 7.11 Å². The number of fused-ring (bicyclic) bond motifs is 5. The van der Waals surface area contributed by atoms with Crippen LogP contribution in [0.1, 0.15) is 33.9 Å². The summed E-state index contributed by atoms with van der Waals surface area (Å²) in [6, 6.07) is 29.7. The standard InChI is InChI=1S/C34H28N2O6/c1-39-23-16-14-22(15-17-23)34-28(20-10-6-4-7-11-20)27-30(35-31(36-32(27)37)21-12-8-5-9-13-21)33(34,38)29-25(41-3)18-24(40-2)19-26(29)42-34/h4-19,28,38H,1-3H3,(H,35,36,37). The van der Waals surface area contributed by atoms with E-state index in [1.807, 2.05) is 84.9 Å². The fourth-order valence-corrected chi connectivity index (χ4v) is 6.56. The van der Waals surface area contributed by atoms with Crippen molar-refractivity contribution in [2.45, 2.75) is 17.1 Å². The van der Waals surface area contributed by atoms with E-state index in [2.05, 4.69) is 4.98 Å². The van der Waals surface area contributed by atoms with Crippen LogP contribution in [0.4, 0.5) is 0 Å². The van der Waals surface area contributed by atoms with Crippen molar-refractivity contribution < 1.29 is 24.1 Å². The van der Waals surface area contributed by atoms with Crippen molar-refractivity contribution >= 4 is 0 Å². The van der Waals surface area contributed by atoms with Gasteiger partial charge in [-0.2, -0.15) is 0 Å². The summed E-state index contributed by atoms with van der Waals surface area (Å²) >= 11 is 0. The Bertz CT molecular complexity index is 1860. The van der Waals surface area contributed by atoms with Crippen molar-refractivity contribution in [3.63, 3.8) is 0 Å². The number of benzene rings is 4. The minimum atomic E-state index is -1.94. The van der Waals surface area contributed by atoms with Gasteiger partial charge in [0.15, 0.2) is 11.2 Å². The van der Waals surface area contributed by atoms with Crippen LogP contribution in [0.3, 0.4) is 0 Å². The first-order valence-corrected chi connectivity index (χ1v) is 13.5. The van der Waals surface area contributed by atoms with Crippen LogP contribution in [0, 0.1) is 0 Å². The molecule has 5 aromatic rings. The third-order valence-corrected chi connectivity index (χ3v) is 8.36. The number of nitrogens with zero attached hydrogens (tertiary/aromatic N) is 1. The predicted octanol–water partition coefficient (Wildman–Crippen LogP) is 5.13. The molecule has 0 fully saturated rings. The lowest BCUT2D eigenvalue weighted by molar-refractivity contribution is -0.0909. The maximum Gasteiger partial charge on any atom is 0.255 e. The van der Waals surface area contributed by atoms with Gasteiger partial charge in [0, 0.05) is 23.3 Å². The fraction of sp³-hybridized carbons (Fsp3) is 0.176. The Kier molecular flexibility index (Phi) is 5.85. The molecule has 4 aromatic carbocycles. The Morgan fingerprint density at radius 3 is 2.14 bits per heavy atom. The second kappa shape index (κ2) is 9.49. The van der Waals surface area contributed by atoms with Gasteiger partial charge in [0.05, 0.1) is 44.1 Å². The van der Waals surface area contributed by atoms with E-state index in [9.17, 15) is 9.90 Å². The van der Waals surface area contributed by atoms with Crippen LogP contribution in [0.5, 0.6) is 23.0 Å². The summed E-state index contributed by atoms with van der Waals surface area (Å²) in [4.78, 5) is 22.2. The second-order valence-electron chi connectivity index (χ2n) is 10.4. The molecule has 3 atom stereocenters. The van der Waals surface area contributed by atoms with Crippen molar-refractivity contribution in [3.05, 3.63) is 135 Å². The van der Waals surface area contributed by atoms with Gasteiger partial charge in [0.25, 0.3) is 5.56 Å². The lowest BCUT2D eigenvalue weighted by Gasteiger charge is -2.40. The molecular formula is C34H28N2O6. The molecule has 0 saturated heterocycles.